The average molecular weight is 413 g/mol. The monoisotopic (exact) mass is 412 g/mol. The van der Waals surface area contributed by atoms with Gasteiger partial charge in [0.05, 0.1) is 32.9 Å². The van der Waals surface area contributed by atoms with Crippen molar-refractivity contribution in [3.63, 3.8) is 0 Å². The molecule has 0 saturated carbocycles. The van der Waals surface area contributed by atoms with Crippen LogP contribution in [0.5, 0.6) is 11.5 Å². The third kappa shape index (κ3) is 6.37. The van der Waals surface area contributed by atoms with Gasteiger partial charge in [-0.05, 0) is 42.3 Å². The number of nitrogens with one attached hydrogen (secondary N) is 2. The summed E-state index contributed by atoms with van der Waals surface area (Å²) in [5, 5.41) is 16.5. The van der Waals surface area contributed by atoms with Gasteiger partial charge >= 0.3 is 0 Å². The molecule has 1 heterocycles. The highest BCUT2D eigenvalue weighted by atomic mass is 16.5. The van der Waals surface area contributed by atoms with E-state index >= 15 is 0 Å². The molecule has 0 spiro atoms. The Morgan fingerprint density at radius 3 is 2.60 bits per heavy atom. The van der Waals surface area contributed by atoms with Gasteiger partial charge in [-0.25, -0.2) is 4.99 Å². The topological polar surface area (TPSA) is 78.4 Å². The minimum absolute atomic E-state index is 0.199. The summed E-state index contributed by atoms with van der Waals surface area (Å²) in [4.78, 5) is 7.12. The molecule has 0 aromatic heterocycles. The normalized spacial score (nSPS) is 16.1. The molecule has 2 aromatic carbocycles. The van der Waals surface area contributed by atoms with Crippen molar-refractivity contribution in [3.8, 4) is 11.5 Å². The molecule has 0 amide bonds. The fraction of sp³-hybridized carbons (Fsp3) is 0.435. The van der Waals surface area contributed by atoms with Gasteiger partial charge in [0.1, 0.15) is 11.5 Å². The molecular formula is C23H32N4O3. The Hall–Kier alpha value is -2.77. The average Bonchev–Trinajstić information content (AvgIpc) is 2.78. The smallest absolute Gasteiger partial charge is 0.191 e. The Balaban J connectivity index is 1.71. The van der Waals surface area contributed by atoms with Crippen molar-refractivity contribution >= 4 is 5.96 Å². The van der Waals surface area contributed by atoms with Gasteiger partial charge in [0.15, 0.2) is 5.96 Å². The number of hydrogen-bond donors (Lipinski definition) is 3. The van der Waals surface area contributed by atoms with Gasteiger partial charge in [-0.2, -0.15) is 0 Å². The molecule has 162 valence electrons. The summed E-state index contributed by atoms with van der Waals surface area (Å²) in [5.41, 5.74) is 2.20. The first-order valence-electron chi connectivity index (χ1n) is 10.5. The second-order valence-corrected chi connectivity index (χ2v) is 7.18. The first-order valence-corrected chi connectivity index (χ1v) is 10.5. The molecule has 7 nitrogen and oxygen atoms in total. The van der Waals surface area contributed by atoms with Crippen LogP contribution in [0.15, 0.2) is 53.5 Å². The number of hydrogen-bond acceptors (Lipinski definition) is 5. The van der Waals surface area contributed by atoms with Crippen molar-refractivity contribution in [2.45, 2.75) is 19.5 Å². The fourth-order valence-electron chi connectivity index (χ4n) is 3.53. The molecule has 3 N–H and O–H groups in total. The van der Waals surface area contributed by atoms with Gasteiger partial charge in [0.2, 0.25) is 0 Å². The van der Waals surface area contributed by atoms with Crippen LogP contribution in [0.3, 0.4) is 0 Å². The van der Waals surface area contributed by atoms with Gasteiger partial charge in [-0.3, -0.25) is 4.90 Å². The second kappa shape index (κ2) is 11.4. The number of ether oxygens (including phenoxy) is 2. The van der Waals surface area contributed by atoms with E-state index in [4.69, 9.17) is 9.47 Å². The molecule has 1 aliphatic rings. The molecule has 7 heteroatoms. The van der Waals surface area contributed by atoms with Gasteiger partial charge in [-0.1, -0.05) is 24.3 Å². The maximum Gasteiger partial charge on any atom is 0.191 e. The van der Waals surface area contributed by atoms with Crippen LogP contribution in [0, 0.1) is 0 Å². The van der Waals surface area contributed by atoms with E-state index in [9.17, 15) is 5.11 Å². The van der Waals surface area contributed by atoms with Crippen LogP contribution >= 0.6 is 0 Å². The summed E-state index contributed by atoms with van der Waals surface area (Å²) in [5.74, 6) is 1.87. The number of phenols is 1. The first-order chi connectivity index (χ1) is 14.7. The van der Waals surface area contributed by atoms with Crippen molar-refractivity contribution in [3.05, 3.63) is 59.7 Å². The second-order valence-electron chi connectivity index (χ2n) is 7.18. The molecule has 0 bridgehead atoms. The molecule has 3 rings (SSSR count). The zero-order valence-electron chi connectivity index (χ0n) is 17.8. The lowest BCUT2D eigenvalue weighted by Gasteiger charge is -2.35. The van der Waals surface area contributed by atoms with E-state index in [0.29, 0.717) is 6.54 Å². The minimum Gasteiger partial charge on any atom is -0.508 e. The zero-order chi connectivity index (χ0) is 21.2. The molecule has 0 aliphatic carbocycles. The van der Waals surface area contributed by atoms with Crippen LogP contribution in [-0.4, -0.2) is 62.5 Å². The highest BCUT2D eigenvalue weighted by molar-refractivity contribution is 5.79. The number of morpholine rings is 1. The molecule has 1 aliphatic heterocycles. The third-order valence-corrected chi connectivity index (χ3v) is 5.12. The number of benzene rings is 2. The Morgan fingerprint density at radius 1 is 1.17 bits per heavy atom. The van der Waals surface area contributed by atoms with E-state index < -0.39 is 0 Å². The van der Waals surface area contributed by atoms with Gasteiger partial charge in [0, 0.05) is 26.2 Å². The number of aromatic hydroxyl groups is 1. The van der Waals surface area contributed by atoms with Crippen LogP contribution in [0.1, 0.15) is 24.1 Å². The predicted octanol–water partition coefficient (Wildman–Crippen LogP) is 2.53. The van der Waals surface area contributed by atoms with E-state index in [2.05, 4.69) is 39.6 Å². The van der Waals surface area contributed by atoms with Crippen LogP contribution in [0.4, 0.5) is 0 Å². The van der Waals surface area contributed by atoms with Crippen molar-refractivity contribution in [1.82, 2.24) is 15.5 Å². The van der Waals surface area contributed by atoms with Gasteiger partial charge in [-0.15, -0.1) is 0 Å². The highest BCUT2D eigenvalue weighted by Crippen LogP contribution is 2.23. The minimum atomic E-state index is 0.199. The molecule has 1 unspecified atom stereocenters. The van der Waals surface area contributed by atoms with Crippen molar-refractivity contribution in [1.29, 1.82) is 0 Å². The number of nitrogens with zero attached hydrogens (tertiary/aromatic N) is 2. The molecule has 1 saturated heterocycles. The quantitative estimate of drug-likeness (QED) is 0.457. The number of phenolic OH excluding ortho intramolecular Hbond substituents is 1. The summed E-state index contributed by atoms with van der Waals surface area (Å²) in [6, 6.07) is 15.6. The van der Waals surface area contributed by atoms with E-state index in [0.717, 1.165) is 56.7 Å². The van der Waals surface area contributed by atoms with Crippen LogP contribution in [-0.2, 0) is 11.3 Å². The maximum absolute atomic E-state index is 9.66. The van der Waals surface area contributed by atoms with Crippen molar-refractivity contribution < 1.29 is 14.6 Å². The maximum atomic E-state index is 9.66. The largest absolute Gasteiger partial charge is 0.508 e. The molecule has 2 aromatic rings. The number of methoxy groups -OCH3 is 1. The Morgan fingerprint density at radius 2 is 1.93 bits per heavy atom. The molecule has 30 heavy (non-hydrogen) atoms. The highest BCUT2D eigenvalue weighted by Gasteiger charge is 2.23. The molecule has 0 radical (unpaired) electrons. The predicted molar refractivity (Wildman–Crippen MR) is 119 cm³/mol. The number of aliphatic imine (C=N–C) groups is 1. The molecular weight excluding hydrogens is 380 g/mol. The van der Waals surface area contributed by atoms with Gasteiger partial charge in [0.25, 0.3) is 0 Å². The lowest BCUT2D eigenvalue weighted by atomic mass is 10.0. The Bertz CT molecular complexity index is 804. The van der Waals surface area contributed by atoms with Crippen molar-refractivity contribution in [2.75, 3.05) is 46.5 Å². The standard InChI is InChI=1S/C23H32N4O3/c1-3-24-23(25-16-18-5-4-6-20(28)15-18)26-17-22(27-11-13-30-14-12-27)19-7-9-21(29-2)10-8-19/h4-10,15,22,28H,3,11-14,16-17H2,1-2H3,(H2,24,25,26). The molecule has 1 fully saturated rings. The van der Waals surface area contributed by atoms with Crippen LogP contribution in [0.2, 0.25) is 0 Å². The van der Waals surface area contributed by atoms with Crippen LogP contribution < -0.4 is 15.4 Å². The lowest BCUT2D eigenvalue weighted by molar-refractivity contribution is 0.0170. The number of guanidine groups is 1. The SMILES string of the molecule is CCNC(=NCc1cccc(O)c1)NCC(c1ccc(OC)cc1)N1CCOCC1. The fourth-order valence-corrected chi connectivity index (χ4v) is 3.53. The summed E-state index contributed by atoms with van der Waals surface area (Å²) >= 11 is 0. The summed E-state index contributed by atoms with van der Waals surface area (Å²) in [6.07, 6.45) is 0. The van der Waals surface area contributed by atoms with Gasteiger partial charge < -0.3 is 25.2 Å². The summed E-state index contributed by atoms with van der Waals surface area (Å²) in [7, 11) is 1.68. The zero-order valence-corrected chi connectivity index (χ0v) is 17.8. The van der Waals surface area contributed by atoms with Crippen LogP contribution in [0.25, 0.3) is 0 Å². The first kappa shape index (κ1) is 21.9. The summed E-state index contributed by atoms with van der Waals surface area (Å²) < 4.78 is 10.9. The third-order valence-electron chi connectivity index (χ3n) is 5.12. The molecule has 1 atom stereocenters. The number of rotatable bonds is 8. The van der Waals surface area contributed by atoms with E-state index in [-0.39, 0.29) is 11.8 Å². The lowest BCUT2D eigenvalue weighted by Crippen LogP contribution is -2.46. The Kier molecular flexibility index (Phi) is 8.35. The Labute approximate surface area is 178 Å². The summed E-state index contributed by atoms with van der Waals surface area (Å²) in [6.45, 7) is 7.33. The van der Waals surface area contributed by atoms with E-state index in [1.165, 1.54) is 5.56 Å². The van der Waals surface area contributed by atoms with Crippen molar-refractivity contribution in [2.24, 2.45) is 4.99 Å². The van der Waals surface area contributed by atoms with E-state index in [1.807, 2.05) is 24.3 Å². The van der Waals surface area contributed by atoms with E-state index in [1.54, 1.807) is 19.2 Å².